The third kappa shape index (κ3) is 3.81. The first kappa shape index (κ1) is 18.3. The Bertz CT molecular complexity index is 927. The summed E-state index contributed by atoms with van der Waals surface area (Å²) in [7, 11) is 0. The molecule has 1 aliphatic heterocycles. The Balaban J connectivity index is 1.54. The zero-order valence-electron chi connectivity index (χ0n) is 15.2. The molecule has 3 aromatic rings. The molecule has 1 aromatic carbocycles. The molecule has 0 aliphatic carbocycles. The van der Waals surface area contributed by atoms with Crippen molar-refractivity contribution in [3.05, 3.63) is 46.6 Å². The van der Waals surface area contributed by atoms with Crippen LogP contribution in [0.1, 0.15) is 12.6 Å². The lowest BCUT2D eigenvalue weighted by atomic mass is 10.1. The molecule has 4 rings (SSSR count). The van der Waals surface area contributed by atoms with Crippen LogP contribution in [-0.4, -0.2) is 57.9 Å². The topological polar surface area (TPSA) is 52.9 Å². The number of aromatic nitrogens is 2. The molecule has 1 N–H and O–H groups in total. The Morgan fingerprint density at radius 3 is 2.67 bits per heavy atom. The molecular formula is C19H22ClN5OS. The molecular weight excluding hydrogens is 382 g/mol. The highest BCUT2D eigenvalue weighted by molar-refractivity contribution is 7.15. The van der Waals surface area contributed by atoms with Gasteiger partial charge in [0.2, 0.25) is 0 Å². The number of piperazine rings is 1. The number of nitrogens with zero attached hydrogens (tertiary/aromatic N) is 4. The molecule has 6 nitrogen and oxygen atoms in total. The fraction of sp³-hybridized carbons (Fsp3) is 0.368. The van der Waals surface area contributed by atoms with Crippen LogP contribution >= 0.6 is 22.9 Å². The number of hydrogen-bond donors (Lipinski definition) is 1. The summed E-state index contributed by atoms with van der Waals surface area (Å²) in [5, 5.41) is 5.66. The molecule has 1 fully saturated rings. The number of imidazole rings is 1. The quantitative estimate of drug-likeness (QED) is 0.724. The summed E-state index contributed by atoms with van der Waals surface area (Å²) in [4.78, 5) is 22.1. The summed E-state index contributed by atoms with van der Waals surface area (Å²) < 4.78 is 2.17. The average Bonchev–Trinajstić information content (AvgIpc) is 3.26. The smallest absolute Gasteiger partial charge is 0.317 e. The second kappa shape index (κ2) is 7.88. The van der Waals surface area contributed by atoms with Gasteiger partial charge in [0.15, 0.2) is 4.96 Å². The number of halogens is 1. The molecule has 0 spiro atoms. The van der Waals surface area contributed by atoms with E-state index in [1.165, 1.54) is 5.69 Å². The van der Waals surface area contributed by atoms with Crippen molar-refractivity contribution in [1.82, 2.24) is 24.5 Å². The van der Waals surface area contributed by atoms with Gasteiger partial charge in [0.25, 0.3) is 0 Å². The van der Waals surface area contributed by atoms with Crippen molar-refractivity contribution in [2.75, 3.05) is 32.7 Å². The highest BCUT2D eigenvalue weighted by atomic mass is 35.5. The first-order valence-corrected chi connectivity index (χ1v) is 10.4. The van der Waals surface area contributed by atoms with Crippen LogP contribution in [0.5, 0.6) is 0 Å². The normalized spacial score (nSPS) is 15.4. The molecule has 27 heavy (non-hydrogen) atoms. The predicted molar refractivity (Wildman–Crippen MR) is 109 cm³/mol. The van der Waals surface area contributed by atoms with Gasteiger partial charge in [0, 0.05) is 61.4 Å². The summed E-state index contributed by atoms with van der Waals surface area (Å²) in [5.41, 5.74) is 3.26. The van der Waals surface area contributed by atoms with Crippen LogP contribution in [0, 0.1) is 0 Å². The zero-order valence-corrected chi connectivity index (χ0v) is 16.8. The van der Waals surface area contributed by atoms with Crippen LogP contribution in [0.15, 0.2) is 35.8 Å². The Morgan fingerprint density at radius 2 is 1.96 bits per heavy atom. The lowest BCUT2D eigenvalue weighted by Gasteiger charge is -2.34. The Labute approximate surface area is 167 Å². The Kier molecular flexibility index (Phi) is 5.33. The summed E-state index contributed by atoms with van der Waals surface area (Å²) >= 11 is 7.68. The standard InChI is InChI=1S/C19H22ClN5OS/c1-2-21-18(26)24-9-7-23(8-10-24)13-16-17(14-3-5-15(20)6-4-14)22-19-25(16)11-12-27-19/h3-6,11-12H,2,7-10,13H2,1H3,(H,21,26). The highest BCUT2D eigenvalue weighted by Crippen LogP contribution is 2.29. The fourth-order valence-electron chi connectivity index (χ4n) is 3.41. The van der Waals surface area contributed by atoms with Crippen molar-refractivity contribution >= 4 is 33.9 Å². The Morgan fingerprint density at radius 1 is 1.22 bits per heavy atom. The van der Waals surface area contributed by atoms with E-state index in [2.05, 4.69) is 26.2 Å². The van der Waals surface area contributed by atoms with Crippen molar-refractivity contribution in [3.8, 4) is 11.3 Å². The second-order valence-electron chi connectivity index (χ2n) is 6.57. The van der Waals surface area contributed by atoms with Crippen LogP contribution in [-0.2, 0) is 6.54 Å². The molecule has 0 bridgehead atoms. The second-order valence-corrected chi connectivity index (χ2v) is 7.88. The van der Waals surface area contributed by atoms with E-state index < -0.39 is 0 Å². The maximum atomic E-state index is 12.0. The fourth-order valence-corrected chi connectivity index (χ4v) is 4.27. The number of rotatable bonds is 4. The van der Waals surface area contributed by atoms with Gasteiger partial charge in [-0.05, 0) is 19.1 Å². The van der Waals surface area contributed by atoms with Gasteiger partial charge in [-0.3, -0.25) is 9.30 Å². The zero-order chi connectivity index (χ0) is 18.8. The van der Waals surface area contributed by atoms with E-state index in [-0.39, 0.29) is 6.03 Å². The van der Waals surface area contributed by atoms with Gasteiger partial charge in [0.05, 0.1) is 11.4 Å². The van der Waals surface area contributed by atoms with Crippen molar-refractivity contribution in [1.29, 1.82) is 0 Å². The molecule has 0 radical (unpaired) electrons. The average molecular weight is 404 g/mol. The lowest BCUT2D eigenvalue weighted by molar-refractivity contribution is 0.134. The van der Waals surface area contributed by atoms with Crippen molar-refractivity contribution in [2.45, 2.75) is 13.5 Å². The van der Waals surface area contributed by atoms with E-state index in [4.69, 9.17) is 16.6 Å². The van der Waals surface area contributed by atoms with Crippen molar-refractivity contribution < 1.29 is 4.79 Å². The van der Waals surface area contributed by atoms with Gasteiger partial charge in [-0.25, -0.2) is 9.78 Å². The van der Waals surface area contributed by atoms with Crippen LogP contribution in [0.4, 0.5) is 4.79 Å². The van der Waals surface area contributed by atoms with Gasteiger partial charge >= 0.3 is 6.03 Å². The van der Waals surface area contributed by atoms with Gasteiger partial charge in [-0.2, -0.15) is 0 Å². The van der Waals surface area contributed by atoms with Crippen molar-refractivity contribution in [3.63, 3.8) is 0 Å². The molecule has 1 saturated heterocycles. The number of carbonyl (C=O) groups excluding carboxylic acids is 1. The Hall–Kier alpha value is -2.09. The minimum absolute atomic E-state index is 0.0311. The van der Waals surface area contributed by atoms with E-state index in [0.29, 0.717) is 6.54 Å². The maximum absolute atomic E-state index is 12.0. The monoisotopic (exact) mass is 403 g/mol. The minimum atomic E-state index is 0.0311. The number of urea groups is 1. The number of amides is 2. The third-order valence-corrected chi connectivity index (χ3v) is 5.85. The number of nitrogens with one attached hydrogen (secondary N) is 1. The van der Waals surface area contributed by atoms with E-state index in [9.17, 15) is 4.79 Å². The number of benzene rings is 1. The van der Waals surface area contributed by atoms with E-state index in [1.54, 1.807) is 11.3 Å². The number of thiazole rings is 1. The van der Waals surface area contributed by atoms with E-state index >= 15 is 0 Å². The van der Waals surface area contributed by atoms with Crippen LogP contribution < -0.4 is 5.32 Å². The molecule has 1 aliphatic rings. The summed E-state index contributed by atoms with van der Waals surface area (Å²) in [6.45, 7) is 6.61. The molecule has 0 atom stereocenters. The van der Waals surface area contributed by atoms with E-state index in [1.807, 2.05) is 36.1 Å². The number of hydrogen-bond acceptors (Lipinski definition) is 4. The SMILES string of the molecule is CCNC(=O)N1CCN(Cc2c(-c3ccc(Cl)cc3)nc3sccn23)CC1. The van der Waals surface area contributed by atoms with Gasteiger partial charge in [0.1, 0.15) is 0 Å². The van der Waals surface area contributed by atoms with Gasteiger partial charge < -0.3 is 10.2 Å². The predicted octanol–water partition coefficient (Wildman–Crippen LogP) is 3.56. The molecule has 2 aromatic heterocycles. The molecule has 142 valence electrons. The summed E-state index contributed by atoms with van der Waals surface area (Å²) in [6.07, 6.45) is 2.08. The number of fused-ring (bicyclic) bond motifs is 1. The molecule has 0 saturated carbocycles. The highest BCUT2D eigenvalue weighted by Gasteiger charge is 2.23. The molecule has 0 unspecified atom stereocenters. The number of carbonyl (C=O) groups is 1. The van der Waals surface area contributed by atoms with Crippen LogP contribution in [0.25, 0.3) is 16.2 Å². The maximum Gasteiger partial charge on any atom is 0.317 e. The lowest BCUT2D eigenvalue weighted by Crippen LogP contribution is -2.51. The largest absolute Gasteiger partial charge is 0.338 e. The van der Waals surface area contributed by atoms with Crippen LogP contribution in [0.2, 0.25) is 5.02 Å². The van der Waals surface area contributed by atoms with Crippen LogP contribution in [0.3, 0.4) is 0 Å². The third-order valence-electron chi connectivity index (χ3n) is 4.84. The van der Waals surface area contributed by atoms with E-state index in [0.717, 1.165) is 54.0 Å². The first-order chi connectivity index (χ1) is 13.2. The minimum Gasteiger partial charge on any atom is -0.338 e. The molecule has 8 heteroatoms. The van der Waals surface area contributed by atoms with Crippen molar-refractivity contribution in [2.24, 2.45) is 0 Å². The summed E-state index contributed by atoms with van der Waals surface area (Å²) in [5.74, 6) is 0. The van der Waals surface area contributed by atoms with Gasteiger partial charge in [-0.1, -0.05) is 23.7 Å². The molecule has 2 amide bonds. The molecule has 3 heterocycles. The summed E-state index contributed by atoms with van der Waals surface area (Å²) in [6, 6.07) is 7.87. The first-order valence-electron chi connectivity index (χ1n) is 9.11. The van der Waals surface area contributed by atoms with Gasteiger partial charge in [-0.15, -0.1) is 11.3 Å².